The second kappa shape index (κ2) is 8.61. The monoisotopic (exact) mass is 390 g/mol. The topological polar surface area (TPSA) is 77.4 Å². The molecule has 0 bridgehead atoms. The van der Waals surface area contributed by atoms with Gasteiger partial charge >= 0.3 is 0 Å². The Hall–Kier alpha value is -1.28. The molecule has 1 aromatic rings. The molecule has 4 rings (SSSR count). The number of rotatable bonds is 6. The van der Waals surface area contributed by atoms with E-state index in [1.807, 2.05) is 30.3 Å². The Morgan fingerprint density at radius 1 is 0.964 bits per heavy atom. The van der Waals surface area contributed by atoms with Gasteiger partial charge in [0, 0.05) is 12.8 Å². The molecular formula is C22H30O6. The van der Waals surface area contributed by atoms with Gasteiger partial charge in [-0.1, -0.05) is 42.8 Å². The highest BCUT2D eigenvalue weighted by molar-refractivity contribution is 5.14. The van der Waals surface area contributed by atoms with Gasteiger partial charge in [0.15, 0.2) is 5.79 Å². The van der Waals surface area contributed by atoms with Gasteiger partial charge in [0.25, 0.3) is 0 Å². The first-order valence-corrected chi connectivity index (χ1v) is 10.2. The molecule has 3 fully saturated rings. The zero-order valence-electron chi connectivity index (χ0n) is 16.1. The first kappa shape index (κ1) is 20.0. The van der Waals surface area contributed by atoms with Crippen molar-refractivity contribution >= 4 is 0 Å². The van der Waals surface area contributed by atoms with Crippen LogP contribution < -0.4 is 0 Å². The van der Waals surface area contributed by atoms with E-state index in [1.54, 1.807) is 6.08 Å². The van der Waals surface area contributed by atoms with E-state index < -0.39 is 42.4 Å². The fraction of sp³-hybridized carbons (Fsp3) is 0.636. The highest BCUT2D eigenvalue weighted by Crippen LogP contribution is 2.46. The normalized spacial score (nSPS) is 36.9. The lowest BCUT2D eigenvalue weighted by atomic mass is 9.84. The smallest absolute Gasteiger partial charge is 0.169 e. The van der Waals surface area contributed by atoms with Gasteiger partial charge in [-0.15, -0.1) is 6.58 Å². The second-order valence-electron chi connectivity index (χ2n) is 7.97. The highest BCUT2D eigenvalue weighted by Gasteiger charge is 2.61. The second-order valence-corrected chi connectivity index (χ2v) is 7.97. The molecule has 1 heterocycles. The summed E-state index contributed by atoms with van der Waals surface area (Å²) in [6.07, 6.45) is 1.89. The fourth-order valence-corrected chi connectivity index (χ4v) is 4.60. The Labute approximate surface area is 166 Å². The summed E-state index contributed by atoms with van der Waals surface area (Å²) in [7, 11) is 0. The molecule has 28 heavy (non-hydrogen) atoms. The standard InChI is InChI=1S/C22H30O6/c1-2-13-25-18-16(23)17(24)19(26-14-15-9-5-3-6-10-15)21-20(18)27-22(28-21)11-7-4-8-12-22/h2-3,5-6,9-10,16-21,23-24H,1,4,7-8,11-14H2/t16-,17+,18-,19+,20-,21+/m1/s1. The van der Waals surface area contributed by atoms with Crippen molar-refractivity contribution in [1.82, 2.24) is 0 Å². The van der Waals surface area contributed by atoms with Crippen molar-refractivity contribution < 1.29 is 29.2 Å². The summed E-state index contributed by atoms with van der Waals surface area (Å²) < 4.78 is 24.6. The zero-order chi connectivity index (χ0) is 19.6. The number of benzene rings is 1. The first-order chi connectivity index (χ1) is 13.6. The van der Waals surface area contributed by atoms with Crippen LogP contribution in [0.4, 0.5) is 0 Å². The summed E-state index contributed by atoms with van der Waals surface area (Å²) in [4.78, 5) is 0. The van der Waals surface area contributed by atoms with E-state index in [0.29, 0.717) is 6.61 Å². The molecule has 2 aliphatic carbocycles. The molecule has 2 N–H and O–H groups in total. The molecule has 154 valence electrons. The van der Waals surface area contributed by atoms with E-state index in [-0.39, 0.29) is 6.61 Å². The third kappa shape index (κ3) is 3.90. The van der Waals surface area contributed by atoms with E-state index in [0.717, 1.165) is 31.2 Å². The van der Waals surface area contributed by atoms with Crippen LogP contribution in [0.5, 0.6) is 0 Å². The molecule has 0 radical (unpaired) electrons. The number of fused-ring (bicyclic) bond motifs is 1. The highest BCUT2D eigenvalue weighted by atomic mass is 16.8. The molecule has 0 aromatic heterocycles. The molecule has 1 aromatic carbocycles. The summed E-state index contributed by atoms with van der Waals surface area (Å²) in [6.45, 7) is 4.26. The number of hydrogen-bond donors (Lipinski definition) is 2. The SMILES string of the molecule is C=CCO[C@@H]1[C@H](O)[C@H](O)[C@H](OCc2ccccc2)[C@@H]2OC3(CCCCC3)O[C@@H]21. The predicted octanol–water partition coefficient (Wildman–Crippen LogP) is 2.32. The Bertz CT molecular complexity index is 644. The zero-order valence-corrected chi connectivity index (χ0v) is 16.1. The lowest BCUT2D eigenvalue weighted by Crippen LogP contribution is -2.64. The molecule has 0 unspecified atom stereocenters. The molecule has 0 amide bonds. The van der Waals surface area contributed by atoms with Gasteiger partial charge < -0.3 is 29.2 Å². The summed E-state index contributed by atoms with van der Waals surface area (Å²) in [5.41, 5.74) is 0.997. The van der Waals surface area contributed by atoms with Crippen LogP contribution in [-0.2, 0) is 25.6 Å². The molecule has 3 aliphatic rings. The van der Waals surface area contributed by atoms with E-state index in [2.05, 4.69) is 6.58 Å². The molecule has 6 atom stereocenters. The Balaban J connectivity index is 1.55. The largest absolute Gasteiger partial charge is 0.387 e. The summed E-state index contributed by atoms with van der Waals surface area (Å²) in [5, 5.41) is 21.5. The van der Waals surface area contributed by atoms with E-state index >= 15 is 0 Å². The average Bonchev–Trinajstić information content (AvgIpc) is 3.07. The van der Waals surface area contributed by atoms with Crippen molar-refractivity contribution in [3.63, 3.8) is 0 Å². The molecule has 1 spiro atoms. The quantitative estimate of drug-likeness (QED) is 0.726. The van der Waals surface area contributed by atoms with Crippen LogP contribution in [0.15, 0.2) is 43.0 Å². The van der Waals surface area contributed by atoms with Crippen LogP contribution in [0.3, 0.4) is 0 Å². The maximum Gasteiger partial charge on any atom is 0.169 e. The van der Waals surface area contributed by atoms with Crippen molar-refractivity contribution in [3.05, 3.63) is 48.6 Å². The van der Waals surface area contributed by atoms with Crippen molar-refractivity contribution in [2.75, 3.05) is 6.61 Å². The maximum absolute atomic E-state index is 10.8. The average molecular weight is 390 g/mol. The van der Waals surface area contributed by atoms with Crippen LogP contribution in [-0.4, -0.2) is 59.2 Å². The number of aliphatic hydroxyl groups excluding tert-OH is 2. The summed E-state index contributed by atoms with van der Waals surface area (Å²) in [6, 6.07) is 9.76. The van der Waals surface area contributed by atoms with Crippen molar-refractivity contribution in [3.8, 4) is 0 Å². The minimum absolute atomic E-state index is 0.267. The number of aliphatic hydroxyl groups is 2. The fourth-order valence-electron chi connectivity index (χ4n) is 4.60. The van der Waals surface area contributed by atoms with Crippen LogP contribution in [0.1, 0.15) is 37.7 Å². The van der Waals surface area contributed by atoms with Crippen LogP contribution in [0.2, 0.25) is 0 Å². The Morgan fingerprint density at radius 3 is 2.18 bits per heavy atom. The molecule has 6 nitrogen and oxygen atoms in total. The van der Waals surface area contributed by atoms with Gasteiger partial charge in [-0.25, -0.2) is 0 Å². The molecule has 1 aliphatic heterocycles. The molecule has 6 heteroatoms. The van der Waals surface area contributed by atoms with Crippen molar-refractivity contribution in [2.24, 2.45) is 0 Å². The Morgan fingerprint density at radius 2 is 1.57 bits per heavy atom. The van der Waals surface area contributed by atoms with E-state index in [9.17, 15) is 10.2 Å². The van der Waals surface area contributed by atoms with Crippen molar-refractivity contribution in [2.45, 2.75) is 81.1 Å². The lowest BCUT2D eigenvalue weighted by molar-refractivity contribution is -0.219. The van der Waals surface area contributed by atoms with Crippen LogP contribution in [0, 0.1) is 0 Å². The number of hydrogen-bond acceptors (Lipinski definition) is 6. The third-order valence-corrected chi connectivity index (χ3v) is 6.00. The molecule has 2 saturated carbocycles. The minimum atomic E-state index is -1.12. The third-order valence-electron chi connectivity index (χ3n) is 6.00. The van der Waals surface area contributed by atoms with Gasteiger partial charge in [-0.3, -0.25) is 0 Å². The van der Waals surface area contributed by atoms with Crippen LogP contribution >= 0.6 is 0 Å². The summed E-state index contributed by atoms with van der Waals surface area (Å²) >= 11 is 0. The summed E-state index contributed by atoms with van der Waals surface area (Å²) in [5.74, 6) is -0.665. The maximum atomic E-state index is 10.8. The Kier molecular flexibility index (Phi) is 6.16. The lowest BCUT2D eigenvalue weighted by Gasteiger charge is -2.42. The van der Waals surface area contributed by atoms with E-state index in [4.69, 9.17) is 18.9 Å². The molecular weight excluding hydrogens is 360 g/mol. The molecule has 1 saturated heterocycles. The predicted molar refractivity (Wildman–Crippen MR) is 103 cm³/mol. The van der Waals surface area contributed by atoms with Crippen LogP contribution in [0.25, 0.3) is 0 Å². The van der Waals surface area contributed by atoms with Gasteiger partial charge in [0.05, 0.1) is 13.2 Å². The van der Waals surface area contributed by atoms with E-state index in [1.165, 1.54) is 6.42 Å². The number of ether oxygens (including phenoxy) is 4. The van der Waals surface area contributed by atoms with Gasteiger partial charge in [0.2, 0.25) is 0 Å². The first-order valence-electron chi connectivity index (χ1n) is 10.2. The van der Waals surface area contributed by atoms with Gasteiger partial charge in [-0.05, 0) is 18.4 Å². The van der Waals surface area contributed by atoms with Crippen molar-refractivity contribution in [1.29, 1.82) is 0 Å². The van der Waals surface area contributed by atoms with Gasteiger partial charge in [-0.2, -0.15) is 0 Å². The minimum Gasteiger partial charge on any atom is -0.387 e. The van der Waals surface area contributed by atoms with Gasteiger partial charge in [0.1, 0.15) is 36.6 Å².